The molecule has 4 rings (SSSR count). The largest absolute Gasteiger partial charge is 0.497 e. The van der Waals surface area contributed by atoms with Crippen molar-refractivity contribution in [3.05, 3.63) is 83.7 Å². The summed E-state index contributed by atoms with van der Waals surface area (Å²) in [6.45, 7) is 0. The number of hydrogen-bond acceptors (Lipinski definition) is 5. The number of thiazole rings is 1. The molecule has 0 aliphatic rings. The highest BCUT2D eigenvalue weighted by atomic mass is 32.1. The van der Waals surface area contributed by atoms with Crippen molar-refractivity contribution in [2.45, 2.75) is 0 Å². The minimum Gasteiger partial charge on any atom is -0.497 e. The van der Waals surface area contributed by atoms with Crippen LogP contribution >= 0.6 is 11.3 Å². The lowest BCUT2D eigenvalue weighted by molar-refractivity contribution is 0.102. The van der Waals surface area contributed by atoms with E-state index in [9.17, 15) is 4.79 Å². The van der Waals surface area contributed by atoms with Crippen molar-refractivity contribution in [2.75, 3.05) is 19.5 Å². The maximum absolute atomic E-state index is 12.6. The number of methoxy groups -OCH3 is 2. The third-order valence-electron chi connectivity index (χ3n) is 4.66. The van der Waals surface area contributed by atoms with Crippen LogP contribution in [-0.2, 0) is 0 Å². The van der Waals surface area contributed by atoms with Gasteiger partial charge in [-0.2, -0.15) is 0 Å². The Balaban J connectivity index is 1.49. The fourth-order valence-corrected chi connectivity index (χ4v) is 3.78. The first-order valence-electron chi connectivity index (χ1n) is 9.32. The highest BCUT2D eigenvalue weighted by Gasteiger charge is 2.13. The molecule has 3 aromatic carbocycles. The number of benzene rings is 3. The molecule has 150 valence electrons. The average Bonchev–Trinajstić information content (AvgIpc) is 3.27. The summed E-state index contributed by atoms with van der Waals surface area (Å²) in [5, 5.41) is 5.29. The molecule has 0 saturated carbocycles. The van der Waals surface area contributed by atoms with Crippen LogP contribution in [0.25, 0.3) is 22.4 Å². The number of ether oxygens (including phenoxy) is 2. The Labute approximate surface area is 178 Å². The summed E-state index contributed by atoms with van der Waals surface area (Å²) in [7, 11) is 3.21. The molecular weight excluding hydrogens is 396 g/mol. The van der Waals surface area contributed by atoms with Crippen LogP contribution in [0.15, 0.2) is 78.2 Å². The van der Waals surface area contributed by atoms with E-state index in [1.165, 1.54) is 11.3 Å². The van der Waals surface area contributed by atoms with Crippen LogP contribution in [0.5, 0.6) is 11.5 Å². The molecule has 0 spiro atoms. The van der Waals surface area contributed by atoms with Gasteiger partial charge in [0.15, 0.2) is 5.13 Å². The van der Waals surface area contributed by atoms with E-state index in [1.807, 2.05) is 72.1 Å². The topological polar surface area (TPSA) is 60.5 Å². The first-order chi connectivity index (χ1) is 14.7. The van der Waals surface area contributed by atoms with Gasteiger partial charge in [-0.1, -0.05) is 42.5 Å². The lowest BCUT2D eigenvalue weighted by Crippen LogP contribution is -2.11. The summed E-state index contributed by atoms with van der Waals surface area (Å²) < 4.78 is 10.7. The van der Waals surface area contributed by atoms with Crippen molar-refractivity contribution in [1.29, 1.82) is 0 Å². The molecule has 1 aromatic heterocycles. The number of nitrogens with one attached hydrogen (secondary N) is 1. The highest BCUT2D eigenvalue weighted by molar-refractivity contribution is 7.14. The fraction of sp³-hybridized carbons (Fsp3) is 0.0833. The predicted molar refractivity (Wildman–Crippen MR) is 120 cm³/mol. The van der Waals surface area contributed by atoms with Gasteiger partial charge in [0.25, 0.3) is 5.91 Å². The van der Waals surface area contributed by atoms with Gasteiger partial charge in [0.05, 0.1) is 19.9 Å². The SMILES string of the molecule is COc1ccc(-c2csc(NC(=O)c3ccc(-c4ccccc4)cc3)n2)c(OC)c1. The van der Waals surface area contributed by atoms with Gasteiger partial charge in [0.1, 0.15) is 11.5 Å². The molecule has 0 bridgehead atoms. The Kier molecular flexibility index (Phi) is 5.77. The quantitative estimate of drug-likeness (QED) is 0.435. The summed E-state index contributed by atoms with van der Waals surface area (Å²) >= 11 is 1.37. The summed E-state index contributed by atoms with van der Waals surface area (Å²) in [6, 6.07) is 23.1. The van der Waals surface area contributed by atoms with E-state index in [2.05, 4.69) is 10.3 Å². The first kappa shape index (κ1) is 19.7. The third kappa shape index (κ3) is 4.18. The van der Waals surface area contributed by atoms with Crippen LogP contribution in [0, 0.1) is 0 Å². The van der Waals surface area contributed by atoms with Gasteiger partial charge in [0, 0.05) is 22.6 Å². The number of anilines is 1. The van der Waals surface area contributed by atoms with Crippen LogP contribution in [0.4, 0.5) is 5.13 Å². The van der Waals surface area contributed by atoms with Gasteiger partial charge < -0.3 is 9.47 Å². The van der Waals surface area contributed by atoms with E-state index in [-0.39, 0.29) is 5.91 Å². The summed E-state index contributed by atoms with van der Waals surface area (Å²) in [5.41, 5.74) is 4.32. The number of nitrogens with zero attached hydrogens (tertiary/aromatic N) is 1. The van der Waals surface area contributed by atoms with Crippen molar-refractivity contribution >= 4 is 22.4 Å². The van der Waals surface area contributed by atoms with E-state index in [4.69, 9.17) is 9.47 Å². The molecule has 0 saturated heterocycles. The van der Waals surface area contributed by atoms with E-state index in [0.717, 1.165) is 22.4 Å². The molecule has 6 heteroatoms. The first-order valence-corrected chi connectivity index (χ1v) is 10.2. The minimum atomic E-state index is -0.197. The molecule has 30 heavy (non-hydrogen) atoms. The lowest BCUT2D eigenvalue weighted by Gasteiger charge is -2.08. The van der Waals surface area contributed by atoms with E-state index in [1.54, 1.807) is 20.3 Å². The molecule has 0 fully saturated rings. The Morgan fingerprint density at radius 2 is 1.63 bits per heavy atom. The van der Waals surface area contributed by atoms with E-state index >= 15 is 0 Å². The molecule has 0 unspecified atom stereocenters. The summed E-state index contributed by atoms with van der Waals surface area (Å²) in [4.78, 5) is 17.2. The third-order valence-corrected chi connectivity index (χ3v) is 5.42. The Bertz CT molecular complexity index is 1150. The van der Waals surface area contributed by atoms with Gasteiger partial charge in [-0.3, -0.25) is 10.1 Å². The minimum absolute atomic E-state index is 0.197. The fourth-order valence-electron chi connectivity index (χ4n) is 3.08. The molecular formula is C24H20N2O3S. The van der Waals surface area contributed by atoms with Crippen LogP contribution in [0.1, 0.15) is 10.4 Å². The summed E-state index contributed by atoms with van der Waals surface area (Å²) in [5.74, 6) is 1.17. The van der Waals surface area contributed by atoms with Crippen LogP contribution in [0.3, 0.4) is 0 Å². The van der Waals surface area contributed by atoms with Gasteiger partial charge >= 0.3 is 0 Å². The monoisotopic (exact) mass is 416 g/mol. The molecule has 1 amide bonds. The molecule has 0 aliphatic heterocycles. The van der Waals surface area contributed by atoms with Crippen LogP contribution in [0.2, 0.25) is 0 Å². The second kappa shape index (κ2) is 8.80. The normalized spacial score (nSPS) is 10.5. The van der Waals surface area contributed by atoms with Crippen molar-refractivity contribution in [3.63, 3.8) is 0 Å². The van der Waals surface area contributed by atoms with Crippen molar-refractivity contribution in [2.24, 2.45) is 0 Å². The predicted octanol–water partition coefficient (Wildman–Crippen LogP) is 5.75. The zero-order chi connectivity index (χ0) is 20.9. The van der Waals surface area contributed by atoms with Gasteiger partial charge in [-0.15, -0.1) is 11.3 Å². The molecule has 1 N–H and O–H groups in total. The van der Waals surface area contributed by atoms with E-state index in [0.29, 0.717) is 22.2 Å². The zero-order valence-corrected chi connectivity index (χ0v) is 17.4. The second-order valence-electron chi connectivity index (χ2n) is 6.50. The van der Waals surface area contributed by atoms with Crippen molar-refractivity contribution < 1.29 is 14.3 Å². The number of amides is 1. The highest BCUT2D eigenvalue weighted by Crippen LogP contribution is 2.35. The smallest absolute Gasteiger partial charge is 0.257 e. The van der Waals surface area contributed by atoms with Crippen molar-refractivity contribution in [1.82, 2.24) is 4.98 Å². The number of aromatic nitrogens is 1. The second-order valence-corrected chi connectivity index (χ2v) is 7.36. The van der Waals surface area contributed by atoms with Crippen LogP contribution in [-0.4, -0.2) is 25.1 Å². The molecule has 0 aliphatic carbocycles. The molecule has 4 aromatic rings. The molecule has 0 atom stereocenters. The standard InChI is InChI=1S/C24H20N2O3S/c1-28-19-12-13-20(22(14-19)29-2)21-15-30-24(25-21)26-23(27)18-10-8-17(9-11-18)16-6-4-3-5-7-16/h3-15H,1-2H3,(H,25,26,27). The molecule has 0 radical (unpaired) electrons. The summed E-state index contributed by atoms with van der Waals surface area (Å²) in [6.07, 6.45) is 0. The Hall–Kier alpha value is -3.64. The Morgan fingerprint density at radius 3 is 2.33 bits per heavy atom. The maximum atomic E-state index is 12.6. The average molecular weight is 417 g/mol. The number of hydrogen-bond donors (Lipinski definition) is 1. The zero-order valence-electron chi connectivity index (χ0n) is 16.6. The number of carbonyl (C=O) groups is 1. The van der Waals surface area contributed by atoms with Crippen molar-refractivity contribution in [3.8, 4) is 33.9 Å². The number of rotatable bonds is 6. The maximum Gasteiger partial charge on any atom is 0.257 e. The lowest BCUT2D eigenvalue weighted by atomic mass is 10.0. The van der Waals surface area contributed by atoms with Crippen LogP contribution < -0.4 is 14.8 Å². The molecule has 5 nitrogen and oxygen atoms in total. The molecule has 1 heterocycles. The van der Waals surface area contributed by atoms with Gasteiger partial charge in [-0.05, 0) is 35.4 Å². The Morgan fingerprint density at radius 1 is 0.900 bits per heavy atom. The van der Waals surface area contributed by atoms with Gasteiger partial charge in [0.2, 0.25) is 0 Å². The number of carbonyl (C=O) groups excluding carboxylic acids is 1. The van der Waals surface area contributed by atoms with Gasteiger partial charge in [-0.25, -0.2) is 4.98 Å². The van der Waals surface area contributed by atoms with E-state index < -0.39 is 0 Å².